The predicted octanol–water partition coefficient (Wildman–Crippen LogP) is 2.12. The first-order valence-electron chi connectivity index (χ1n) is 7.27. The maximum absolute atomic E-state index is 12.2. The molecule has 0 aliphatic carbocycles. The van der Waals surface area contributed by atoms with Crippen LogP contribution >= 0.6 is 0 Å². The van der Waals surface area contributed by atoms with Crippen molar-refractivity contribution in [2.45, 2.75) is 33.3 Å². The van der Waals surface area contributed by atoms with E-state index in [2.05, 4.69) is 0 Å². The van der Waals surface area contributed by atoms with Crippen molar-refractivity contribution in [1.29, 1.82) is 0 Å². The molecule has 5 nitrogen and oxygen atoms in total. The van der Waals surface area contributed by atoms with Crippen molar-refractivity contribution in [2.24, 2.45) is 5.73 Å². The molecule has 0 aromatic heterocycles. The van der Waals surface area contributed by atoms with E-state index in [4.69, 9.17) is 10.5 Å². The van der Waals surface area contributed by atoms with Crippen LogP contribution in [-0.4, -0.2) is 35.1 Å². The largest absolute Gasteiger partial charge is 0.442 e. The van der Waals surface area contributed by atoms with Crippen molar-refractivity contribution in [2.75, 3.05) is 13.1 Å². The molecular formula is C16H24N2O3. The Kier molecular flexibility index (Phi) is 6.75. The Hall–Kier alpha value is -2.01. The summed E-state index contributed by atoms with van der Waals surface area (Å²) in [6.07, 6.45) is 1.86. The summed E-state index contributed by atoms with van der Waals surface area (Å²) in [5, 5.41) is 9.46. The third kappa shape index (κ3) is 4.79. The summed E-state index contributed by atoms with van der Waals surface area (Å²) in [5.74, 6) is 0.725. The lowest BCUT2D eigenvalue weighted by atomic mass is 10.2. The molecule has 1 saturated heterocycles. The van der Waals surface area contributed by atoms with Gasteiger partial charge in [-0.2, -0.15) is 0 Å². The molecule has 21 heavy (non-hydrogen) atoms. The fourth-order valence-electron chi connectivity index (χ4n) is 2.00. The number of β-amino-alcohol motifs (C(OH)–C–C–N with tert-alkyl or cyclic N) is 1. The third-order valence-electron chi connectivity index (χ3n) is 3.05. The van der Waals surface area contributed by atoms with Crippen molar-refractivity contribution in [1.82, 2.24) is 4.90 Å². The number of aliphatic hydroxyl groups is 1. The van der Waals surface area contributed by atoms with Crippen LogP contribution in [0.2, 0.25) is 0 Å². The highest BCUT2D eigenvalue weighted by atomic mass is 16.5. The molecule has 0 spiro atoms. The van der Waals surface area contributed by atoms with Crippen molar-refractivity contribution in [3.8, 4) is 5.75 Å². The zero-order chi connectivity index (χ0) is 15.8. The summed E-state index contributed by atoms with van der Waals surface area (Å²) in [7, 11) is 0. The minimum absolute atomic E-state index is 0.0963. The van der Waals surface area contributed by atoms with Gasteiger partial charge in [0, 0.05) is 18.7 Å². The van der Waals surface area contributed by atoms with Gasteiger partial charge in [0.15, 0.2) is 5.88 Å². The smallest absolute Gasteiger partial charge is 0.254 e. The SMILES string of the molecule is C/C=C(\N)Oc1cccc(C(=O)N2CCC(O)C2)c1.CC. The monoisotopic (exact) mass is 292 g/mol. The maximum Gasteiger partial charge on any atom is 0.254 e. The zero-order valence-corrected chi connectivity index (χ0v) is 12.9. The number of benzene rings is 1. The number of rotatable bonds is 3. The lowest BCUT2D eigenvalue weighted by molar-refractivity contribution is 0.0764. The first-order chi connectivity index (χ1) is 10.1. The van der Waals surface area contributed by atoms with Crippen LogP contribution in [0.25, 0.3) is 0 Å². The van der Waals surface area contributed by atoms with E-state index in [0.29, 0.717) is 36.7 Å². The van der Waals surface area contributed by atoms with Gasteiger partial charge in [-0.3, -0.25) is 4.79 Å². The highest BCUT2D eigenvalue weighted by molar-refractivity contribution is 5.94. The van der Waals surface area contributed by atoms with Gasteiger partial charge in [-0.15, -0.1) is 0 Å². The Morgan fingerprint density at radius 2 is 2.19 bits per heavy atom. The van der Waals surface area contributed by atoms with Gasteiger partial charge < -0.3 is 20.5 Å². The average Bonchev–Trinajstić information content (AvgIpc) is 2.95. The number of carbonyl (C=O) groups excluding carboxylic acids is 1. The molecule has 116 valence electrons. The van der Waals surface area contributed by atoms with Crippen molar-refractivity contribution in [3.05, 3.63) is 41.8 Å². The molecule has 2 rings (SSSR count). The van der Waals surface area contributed by atoms with Crippen LogP contribution in [0.5, 0.6) is 5.75 Å². The van der Waals surface area contributed by atoms with E-state index in [-0.39, 0.29) is 5.91 Å². The number of hydrogen-bond acceptors (Lipinski definition) is 4. The Bertz CT molecular complexity index is 500. The second-order valence-corrected chi connectivity index (χ2v) is 4.51. The minimum atomic E-state index is -0.415. The molecule has 1 atom stereocenters. The highest BCUT2D eigenvalue weighted by Gasteiger charge is 2.25. The standard InChI is InChI=1S/C14H18N2O3.C2H6/c1-2-13(15)19-12-5-3-4-10(8-12)14(18)16-7-6-11(17)9-16;1-2/h2-5,8,11,17H,6-7,9,15H2,1H3;1-2H3/b13-2+;. The van der Waals surface area contributed by atoms with E-state index < -0.39 is 6.10 Å². The number of carbonyl (C=O) groups is 1. The molecular weight excluding hydrogens is 268 g/mol. The minimum Gasteiger partial charge on any atom is -0.442 e. The number of hydrogen-bond donors (Lipinski definition) is 2. The van der Waals surface area contributed by atoms with Crippen LogP contribution in [0.1, 0.15) is 37.6 Å². The summed E-state index contributed by atoms with van der Waals surface area (Å²) in [5.41, 5.74) is 6.12. The molecule has 0 radical (unpaired) electrons. The molecule has 1 aromatic rings. The van der Waals surface area contributed by atoms with Gasteiger partial charge >= 0.3 is 0 Å². The molecule has 1 aliphatic rings. The summed E-state index contributed by atoms with van der Waals surface area (Å²) in [6, 6.07) is 6.87. The third-order valence-corrected chi connectivity index (χ3v) is 3.05. The average molecular weight is 292 g/mol. The first-order valence-corrected chi connectivity index (χ1v) is 7.27. The van der Waals surface area contributed by atoms with Crippen molar-refractivity contribution < 1.29 is 14.6 Å². The summed E-state index contributed by atoms with van der Waals surface area (Å²) in [4.78, 5) is 13.9. The quantitative estimate of drug-likeness (QED) is 0.837. The molecule has 0 bridgehead atoms. The number of allylic oxidation sites excluding steroid dienone is 1. The van der Waals surface area contributed by atoms with E-state index >= 15 is 0 Å². The Labute approximate surface area is 126 Å². The Balaban J connectivity index is 0.00000106. The zero-order valence-electron chi connectivity index (χ0n) is 12.9. The number of nitrogens with zero attached hydrogens (tertiary/aromatic N) is 1. The van der Waals surface area contributed by atoms with E-state index in [1.165, 1.54) is 0 Å². The molecule has 0 saturated carbocycles. The van der Waals surface area contributed by atoms with Crippen LogP contribution in [-0.2, 0) is 0 Å². The van der Waals surface area contributed by atoms with Crippen LogP contribution in [0.15, 0.2) is 36.2 Å². The van der Waals surface area contributed by atoms with E-state index in [1.54, 1.807) is 42.2 Å². The van der Waals surface area contributed by atoms with Crippen LogP contribution < -0.4 is 10.5 Å². The van der Waals surface area contributed by atoms with Gasteiger partial charge in [0.2, 0.25) is 0 Å². The van der Waals surface area contributed by atoms with Gasteiger partial charge in [-0.1, -0.05) is 19.9 Å². The normalized spacial score (nSPS) is 18.0. The summed E-state index contributed by atoms with van der Waals surface area (Å²) >= 11 is 0. The number of ether oxygens (including phenoxy) is 1. The van der Waals surface area contributed by atoms with Crippen molar-refractivity contribution >= 4 is 5.91 Å². The predicted molar refractivity (Wildman–Crippen MR) is 82.9 cm³/mol. The summed E-state index contributed by atoms with van der Waals surface area (Å²) < 4.78 is 5.36. The Morgan fingerprint density at radius 1 is 1.48 bits per heavy atom. The fourth-order valence-corrected chi connectivity index (χ4v) is 2.00. The van der Waals surface area contributed by atoms with Gasteiger partial charge in [0.05, 0.1) is 6.10 Å². The lowest BCUT2D eigenvalue weighted by Crippen LogP contribution is -2.29. The number of likely N-dealkylation sites (tertiary alicyclic amines) is 1. The fraction of sp³-hybridized carbons (Fsp3) is 0.438. The molecule has 1 aromatic carbocycles. The number of nitrogens with two attached hydrogens (primary N) is 1. The molecule has 1 aliphatic heterocycles. The maximum atomic E-state index is 12.2. The van der Waals surface area contributed by atoms with Gasteiger partial charge in [0.1, 0.15) is 5.75 Å². The number of aliphatic hydroxyl groups excluding tert-OH is 1. The molecule has 1 unspecified atom stereocenters. The molecule has 1 amide bonds. The lowest BCUT2D eigenvalue weighted by Gasteiger charge is -2.16. The van der Waals surface area contributed by atoms with E-state index in [1.807, 2.05) is 13.8 Å². The molecule has 5 heteroatoms. The molecule has 3 N–H and O–H groups in total. The van der Waals surface area contributed by atoms with Crippen LogP contribution in [0.3, 0.4) is 0 Å². The summed E-state index contributed by atoms with van der Waals surface area (Å²) in [6.45, 7) is 6.75. The van der Waals surface area contributed by atoms with Gasteiger partial charge in [0.25, 0.3) is 5.91 Å². The number of amides is 1. The first kappa shape index (κ1) is 17.0. The van der Waals surface area contributed by atoms with Gasteiger partial charge in [-0.05, 0) is 37.6 Å². The topological polar surface area (TPSA) is 75.8 Å². The van der Waals surface area contributed by atoms with Crippen molar-refractivity contribution in [3.63, 3.8) is 0 Å². The second-order valence-electron chi connectivity index (χ2n) is 4.51. The van der Waals surface area contributed by atoms with Crippen LogP contribution in [0, 0.1) is 0 Å². The highest BCUT2D eigenvalue weighted by Crippen LogP contribution is 2.18. The Morgan fingerprint density at radius 3 is 2.76 bits per heavy atom. The van der Waals surface area contributed by atoms with E-state index in [0.717, 1.165) is 0 Å². The second kappa shape index (κ2) is 8.32. The van der Waals surface area contributed by atoms with E-state index in [9.17, 15) is 9.90 Å². The van der Waals surface area contributed by atoms with Crippen LogP contribution in [0.4, 0.5) is 0 Å². The van der Waals surface area contributed by atoms with Gasteiger partial charge in [-0.25, -0.2) is 0 Å². The molecule has 1 heterocycles. The molecule has 1 fully saturated rings.